The van der Waals surface area contributed by atoms with Gasteiger partial charge >= 0.3 is 0 Å². The Hall–Kier alpha value is -0.370. The number of hydrogen-bond acceptors (Lipinski definition) is 2. The number of rotatable bonds is 5. The van der Waals surface area contributed by atoms with E-state index in [0.29, 0.717) is 5.92 Å². The first-order valence-electron chi connectivity index (χ1n) is 6.19. The maximum atomic E-state index is 10.7. The summed E-state index contributed by atoms with van der Waals surface area (Å²) in [6.07, 6.45) is 8.90. The third-order valence-electron chi connectivity index (χ3n) is 3.42. The van der Waals surface area contributed by atoms with E-state index in [2.05, 4.69) is 0 Å². The highest BCUT2D eigenvalue weighted by molar-refractivity contribution is 5.53. The molecule has 88 valence electrons. The third kappa shape index (κ3) is 5.31. The van der Waals surface area contributed by atoms with Crippen LogP contribution in [0.5, 0.6) is 0 Å². The van der Waals surface area contributed by atoms with E-state index < -0.39 is 5.60 Å². The predicted molar refractivity (Wildman–Crippen MR) is 61.7 cm³/mol. The van der Waals surface area contributed by atoms with Crippen molar-refractivity contribution in [2.75, 3.05) is 0 Å². The molecule has 0 radical (unpaired) electrons. The highest BCUT2D eigenvalue weighted by Crippen LogP contribution is 2.31. The highest BCUT2D eigenvalue weighted by Gasteiger charge is 2.22. The second kappa shape index (κ2) is 5.64. The van der Waals surface area contributed by atoms with Crippen LogP contribution in [0.15, 0.2) is 0 Å². The normalized spacial score (nSPS) is 27.7. The van der Waals surface area contributed by atoms with Crippen LogP contribution in [0.3, 0.4) is 0 Å². The fourth-order valence-corrected chi connectivity index (χ4v) is 2.54. The lowest BCUT2D eigenvalue weighted by Crippen LogP contribution is -2.20. The van der Waals surface area contributed by atoms with Gasteiger partial charge in [-0.2, -0.15) is 0 Å². The van der Waals surface area contributed by atoms with Crippen molar-refractivity contribution in [3.05, 3.63) is 0 Å². The lowest BCUT2D eigenvalue weighted by Gasteiger charge is -2.26. The SMILES string of the molecule is CC(C)(O)CCCC1CCCC(C=O)C1. The van der Waals surface area contributed by atoms with Crippen molar-refractivity contribution in [3.8, 4) is 0 Å². The summed E-state index contributed by atoms with van der Waals surface area (Å²) >= 11 is 0. The molecule has 15 heavy (non-hydrogen) atoms. The molecule has 1 aliphatic rings. The second-order valence-electron chi connectivity index (χ2n) is 5.63. The standard InChI is InChI=1S/C13H24O2/c1-13(2,15)8-4-7-11-5-3-6-12(9-11)10-14/h10-12,15H,3-9H2,1-2H3. The Labute approximate surface area is 93.1 Å². The van der Waals surface area contributed by atoms with E-state index in [9.17, 15) is 9.90 Å². The minimum atomic E-state index is -0.529. The fraction of sp³-hybridized carbons (Fsp3) is 0.923. The molecule has 1 saturated carbocycles. The average molecular weight is 212 g/mol. The first kappa shape index (κ1) is 12.7. The van der Waals surface area contributed by atoms with Gasteiger partial charge in [-0.1, -0.05) is 25.7 Å². The van der Waals surface area contributed by atoms with Gasteiger partial charge in [0.05, 0.1) is 5.60 Å². The summed E-state index contributed by atoms with van der Waals surface area (Å²) in [7, 11) is 0. The van der Waals surface area contributed by atoms with Crippen LogP contribution in [0, 0.1) is 11.8 Å². The van der Waals surface area contributed by atoms with Crippen molar-refractivity contribution in [1.29, 1.82) is 0 Å². The lowest BCUT2D eigenvalue weighted by atomic mass is 9.79. The fourth-order valence-electron chi connectivity index (χ4n) is 2.54. The minimum Gasteiger partial charge on any atom is -0.390 e. The minimum absolute atomic E-state index is 0.311. The highest BCUT2D eigenvalue weighted by atomic mass is 16.3. The molecule has 0 aromatic carbocycles. The van der Waals surface area contributed by atoms with Gasteiger partial charge in [0.15, 0.2) is 0 Å². The zero-order chi connectivity index (χ0) is 11.3. The molecule has 2 atom stereocenters. The summed E-state index contributed by atoms with van der Waals surface area (Å²) in [4.78, 5) is 10.7. The largest absolute Gasteiger partial charge is 0.390 e. The number of carbonyl (C=O) groups is 1. The van der Waals surface area contributed by atoms with Gasteiger partial charge in [-0.15, -0.1) is 0 Å². The van der Waals surface area contributed by atoms with Crippen LogP contribution in [0.4, 0.5) is 0 Å². The van der Waals surface area contributed by atoms with Gasteiger partial charge in [0.2, 0.25) is 0 Å². The van der Waals surface area contributed by atoms with Crippen LogP contribution >= 0.6 is 0 Å². The Balaban J connectivity index is 2.18. The number of hydrogen-bond donors (Lipinski definition) is 1. The molecule has 0 saturated heterocycles. The molecule has 1 fully saturated rings. The molecule has 2 nitrogen and oxygen atoms in total. The smallest absolute Gasteiger partial charge is 0.123 e. The first-order valence-corrected chi connectivity index (χ1v) is 6.19. The van der Waals surface area contributed by atoms with Crippen LogP contribution < -0.4 is 0 Å². The van der Waals surface area contributed by atoms with Crippen LogP contribution in [-0.4, -0.2) is 17.0 Å². The van der Waals surface area contributed by atoms with Crippen LogP contribution in [0.25, 0.3) is 0 Å². The molecule has 0 spiro atoms. The summed E-state index contributed by atoms with van der Waals surface area (Å²) in [6, 6.07) is 0. The van der Waals surface area contributed by atoms with E-state index in [4.69, 9.17) is 0 Å². The van der Waals surface area contributed by atoms with Gasteiger partial charge in [-0.25, -0.2) is 0 Å². The lowest BCUT2D eigenvalue weighted by molar-refractivity contribution is -0.112. The topological polar surface area (TPSA) is 37.3 Å². The third-order valence-corrected chi connectivity index (χ3v) is 3.42. The Bertz CT molecular complexity index is 193. The summed E-state index contributed by atoms with van der Waals surface area (Å²) in [5.74, 6) is 1.03. The first-order chi connectivity index (χ1) is 7.01. The van der Waals surface area contributed by atoms with Gasteiger partial charge in [0, 0.05) is 5.92 Å². The Morgan fingerprint density at radius 3 is 2.73 bits per heavy atom. The second-order valence-corrected chi connectivity index (χ2v) is 5.63. The van der Waals surface area contributed by atoms with Gasteiger partial charge < -0.3 is 9.90 Å². The summed E-state index contributed by atoms with van der Waals surface area (Å²) in [5.41, 5.74) is -0.529. The molecule has 2 heteroatoms. The molecule has 1 N–H and O–H groups in total. The Morgan fingerprint density at radius 1 is 1.40 bits per heavy atom. The Morgan fingerprint density at radius 2 is 2.13 bits per heavy atom. The van der Waals surface area contributed by atoms with E-state index >= 15 is 0 Å². The van der Waals surface area contributed by atoms with Gasteiger partial charge in [-0.05, 0) is 39.0 Å². The molecule has 0 amide bonds. The monoisotopic (exact) mass is 212 g/mol. The van der Waals surface area contributed by atoms with E-state index in [1.54, 1.807) is 0 Å². The predicted octanol–water partition coefficient (Wildman–Crippen LogP) is 2.93. The molecular weight excluding hydrogens is 188 g/mol. The molecule has 1 rings (SSSR count). The zero-order valence-corrected chi connectivity index (χ0v) is 10.0. The van der Waals surface area contributed by atoms with Crippen molar-refractivity contribution in [2.24, 2.45) is 11.8 Å². The summed E-state index contributed by atoms with van der Waals surface area (Å²) in [6.45, 7) is 3.73. The number of aldehydes is 1. The van der Waals surface area contributed by atoms with Gasteiger partial charge in [0.25, 0.3) is 0 Å². The molecule has 0 aliphatic heterocycles. The van der Waals surface area contributed by atoms with Crippen LogP contribution in [-0.2, 0) is 4.79 Å². The van der Waals surface area contributed by atoms with E-state index in [-0.39, 0.29) is 0 Å². The van der Waals surface area contributed by atoms with Crippen molar-refractivity contribution in [3.63, 3.8) is 0 Å². The summed E-state index contributed by atoms with van der Waals surface area (Å²) < 4.78 is 0. The average Bonchev–Trinajstić information content (AvgIpc) is 2.16. The maximum absolute atomic E-state index is 10.7. The number of carbonyl (C=O) groups excluding carboxylic acids is 1. The van der Waals surface area contributed by atoms with Gasteiger partial charge in [0.1, 0.15) is 6.29 Å². The van der Waals surface area contributed by atoms with Gasteiger partial charge in [-0.3, -0.25) is 0 Å². The molecule has 0 bridgehead atoms. The molecule has 0 aromatic heterocycles. The zero-order valence-electron chi connectivity index (χ0n) is 10.0. The van der Waals surface area contributed by atoms with E-state index in [1.807, 2.05) is 13.8 Å². The van der Waals surface area contributed by atoms with Crippen LogP contribution in [0.2, 0.25) is 0 Å². The maximum Gasteiger partial charge on any atom is 0.123 e. The van der Waals surface area contributed by atoms with Crippen molar-refractivity contribution < 1.29 is 9.90 Å². The number of aliphatic hydroxyl groups is 1. The molecule has 0 aromatic rings. The summed E-state index contributed by atoms with van der Waals surface area (Å²) in [5, 5.41) is 9.59. The quantitative estimate of drug-likeness (QED) is 0.711. The van der Waals surface area contributed by atoms with Crippen molar-refractivity contribution in [1.82, 2.24) is 0 Å². The van der Waals surface area contributed by atoms with Crippen LogP contribution in [0.1, 0.15) is 58.8 Å². The van der Waals surface area contributed by atoms with Crippen molar-refractivity contribution >= 4 is 6.29 Å². The molecule has 1 aliphatic carbocycles. The Kier molecular flexibility index (Phi) is 4.78. The molecule has 2 unspecified atom stereocenters. The van der Waals surface area contributed by atoms with E-state index in [0.717, 1.165) is 37.9 Å². The van der Waals surface area contributed by atoms with E-state index in [1.165, 1.54) is 19.3 Å². The molecule has 0 heterocycles. The van der Waals surface area contributed by atoms with Crippen molar-refractivity contribution in [2.45, 2.75) is 64.4 Å². The molecular formula is C13H24O2.